The monoisotopic (exact) mass is 515 g/mol. The highest BCUT2D eigenvalue weighted by molar-refractivity contribution is 7.98. The number of unbranched alkanes of at least 4 members (excludes halogenated alkanes) is 1. The molecule has 7 nitrogen and oxygen atoms in total. The van der Waals surface area contributed by atoms with Crippen molar-refractivity contribution in [3.05, 3.63) is 53.6 Å². The van der Waals surface area contributed by atoms with E-state index >= 15 is 0 Å². The van der Waals surface area contributed by atoms with E-state index in [1.807, 2.05) is 31.2 Å². The lowest BCUT2D eigenvalue weighted by atomic mass is 10.1. The fraction of sp³-hybridized carbons (Fsp3) is 0.462. The summed E-state index contributed by atoms with van der Waals surface area (Å²) in [5.41, 5.74) is 3.20. The molecule has 3 aromatic rings. The Labute approximate surface area is 211 Å². The molecule has 0 aliphatic heterocycles. The van der Waals surface area contributed by atoms with E-state index in [2.05, 4.69) is 4.57 Å². The lowest BCUT2D eigenvalue weighted by Gasteiger charge is -2.18. The molecule has 0 saturated heterocycles. The van der Waals surface area contributed by atoms with Crippen LogP contribution in [0.1, 0.15) is 67.4 Å². The van der Waals surface area contributed by atoms with Gasteiger partial charge in [0.15, 0.2) is 5.16 Å². The maximum absolute atomic E-state index is 13.1. The van der Waals surface area contributed by atoms with Crippen LogP contribution < -0.4 is 0 Å². The maximum atomic E-state index is 13.1. The molecule has 0 atom stereocenters. The summed E-state index contributed by atoms with van der Waals surface area (Å²) in [6.07, 6.45) is 6.32. The molecule has 1 aliphatic carbocycles. The van der Waals surface area contributed by atoms with E-state index in [0.717, 1.165) is 41.9 Å². The number of nitrogens with zero attached hydrogens (tertiary/aromatic N) is 3. The van der Waals surface area contributed by atoms with Gasteiger partial charge < -0.3 is 9.30 Å². The molecule has 2 aromatic carbocycles. The molecule has 1 aromatic heterocycles. The number of hydrogen-bond donors (Lipinski definition) is 0. The molecule has 35 heavy (non-hydrogen) atoms. The molecule has 0 unspecified atom stereocenters. The second-order valence-corrected chi connectivity index (χ2v) is 12.0. The van der Waals surface area contributed by atoms with Crippen LogP contribution in [0.25, 0.3) is 11.0 Å². The van der Waals surface area contributed by atoms with Crippen LogP contribution in [0.2, 0.25) is 0 Å². The van der Waals surface area contributed by atoms with E-state index in [1.54, 1.807) is 37.0 Å². The van der Waals surface area contributed by atoms with Gasteiger partial charge in [0.25, 0.3) is 0 Å². The number of esters is 1. The van der Waals surface area contributed by atoms with E-state index < -0.39 is 10.0 Å². The summed E-state index contributed by atoms with van der Waals surface area (Å²) in [5, 5.41) is 0.879. The Balaban J connectivity index is 1.66. The number of thioether (sulfide) groups is 1. The number of imidazole rings is 1. The van der Waals surface area contributed by atoms with Crippen LogP contribution in [0.15, 0.2) is 52.5 Å². The van der Waals surface area contributed by atoms with Crippen LogP contribution in [0, 0.1) is 0 Å². The molecule has 0 amide bonds. The van der Waals surface area contributed by atoms with Crippen molar-refractivity contribution in [2.24, 2.45) is 0 Å². The molecule has 188 valence electrons. The largest absolute Gasteiger partial charge is 0.465 e. The highest BCUT2D eigenvalue weighted by Gasteiger charge is 2.26. The van der Waals surface area contributed by atoms with E-state index in [0.29, 0.717) is 29.4 Å². The van der Waals surface area contributed by atoms with E-state index in [4.69, 9.17) is 9.72 Å². The van der Waals surface area contributed by atoms with Crippen LogP contribution in [0.5, 0.6) is 0 Å². The minimum atomic E-state index is -3.56. The first-order valence-electron chi connectivity index (χ1n) is 12.1. The standard InChI is InChI=1S/C26H33N3O4S2/c1-4-5-15-28(2)35(31,32)22-13-14-24-23(17-22)27-26(29(24)21-11-6-7-12-21)34-18-19-9-8-10-20(16-19)25(30)33-3/h8-10,13-14,16-17,21H,4-7,11-12,15,18H2,1-3H3. The predicted molar refractivity (Wildman–Crippen MR) is 139 cm³/mol. The van der Waals surface area contributed by atoms with Gasteiger partial charge in [0.1, 0.15) is 0 Å². The first-order valence-corrected chi connectivity index (χ1v) is 14.6. The number of fused-ring (bicyclic) bond motifs is 1. The van der Waals surface area contributed by atoms with Gasteiger partial charge in [-0.05, 0) is 55.2 Å². The molecule has 4 rings (SSSR count). The quantitative estimate of drug-likeness (QED) is 0.256. The van der Waals surface area contributed by atoms with Gasteiger partial charge in [0, 0.05) is 25.4 Å². The highest BCUT2D eigenvalue weighted by Crippen LogP contribution is 2.38. The third-order valence-corrected chi connectivity index (χ3v) is 9.45. The molecular formula is C26H33N3O4S2. The number of methoxy groups -OCH3 is 1. The van der Waals surface area contributed by atoms with Gasteiger partial charge in [-0.2, -0.15) is 0 Å². The number of hydrogen-bond acceptors (Lipinski definition) is 6. The zero-order valence-electron chi connectivity index (χ0n) is 20.6. The summed E-state index contributed by atoms with van der Waals surface area (Å²) >= 11 is 1.61. The van der Waals surface area contributed by atoms with Crippen LogP contribution in [0.3, 0.4) is 0 Å². The Kier molecular flexibility index (Phi) is 8.19. The zero-order valence-corrected chi connectivity index (χ0v) is 22.2. The van der Waals surface area contributed by atoms with Crippen LogP contribution >= 0.6 is 11.8 Å². The minimum absolute atomic E-state index is 0.280. The fourth-order valence-corrected chi connectivity index (χ4v) is 6.82. The van der Waals surface area contributed by atoms with Crippen LogP contribution in [-0.2, 0) is 20.5 Å². The topological polar surface area (TPSA) is 81.5 Å². The first kappa shape index (κ1) is 25.7. The lowest BCUT2D eigenvalue weighted by Crippen LogP contribution is -2.27. The van der Waals surface area contributed by atoms with Crippen molar-refractivity contribution in [1.29, 1.82) is 0 Å². The molecule has 9 heteroatoms. The summed E-state index contributed by atoms with van der Waals surface area (Å²) in [4.78, 5) is 17.1. The number of carbonyl (C=O) groups is 1. The summed E-state index contributed by atoms with van der Waals surface area (Å²) in [6.45, 7) is 2.55. The summed E-state index contributed by atoms with van der Waals surface area (Å²) in [7, 11) is -0.549. The highest BCUT2D eigenvalue weighted by atomic mass is 32.2. The SMILES string of the molecule is CCCCN(C)S(=O)(=O)c1ccc2c(c1)nc(SCc1cccc(C(=O)OC)c1)n2C1CCCC1. The van der Waals surface area contributed by atoms with Crippen LogP contribution in [-0.4, -0.2) is 48.9 Å². The molecule has 0 N–H and O–H groups in total. The average Bonchev–Trinajstić information content (AvgIpc) is 3.52. The molecule has 0 radical (unpaired) electrons. The number of ether oxygens (including phenoxy) is 1. The number of sulfonamides is 1. The lowest BCUT2D eigenvalue weighted by molar-refractivity contribution is 0.0600. The van der Waals surface area contributed by atoms with Crippen molar-refractivity contribution in [2.45, 2.75) is 67.3 Å². The second-order valence-electron chi connectivity index (χ2n) is 9.01. The van der Waals surface area contributed by atoms with Crippen molar-refractivity contribution in [2.75, 3.05) is 20.7 Å². The minimum Gasteiger partial charge on any atom is -0.465 e. The zero-order chi connectivity index (χ0) is 25.0. The summed E-state index contributed by atoms with van der Waals surface area (Å²) in [5.74, 6) is 0.291. The summed E-state index contributed by atoms with van der Waals surface area (Å²) in [6, 6.07) is 13.1. The van der Waals surface area contributed by atoms with Crippen molar-refractivity contribution in [3.8, 4) is 0 Å². The van der Waals surface area contributed by atoms with Crippen molar-refractivity contribution >= 4 is 38.8 Å². The van der Waals surface area contributed by atoms with Crippen LogP contribution in [0.4, 0.5) is 0 Å². The Bertz CT molecular complexity index is 1300. The van der Waals surface area contributed by atoms with Gasteiger partial charge in [0.05, 0.1) is 28.6 Å². The Morgan fingerprint density at radius 2 is 1.97 bits per heavy atom. The third kappa shape index (κ3) is 5.57. The average molecular weight is 516 g/mol. The number of rotatable bonds is 10. The Hall–Kier alpha value is -2.36. The normalized spacial score (nSPS) is 14.7. The third-order valence-electron chi connectivity index (χ3n) is 6.57. The number of aromatic nitrogens is 2. The van der Waals surface area contributed by atoms with E-state index in [-0.39, 0.29) is 10.9 Å². The van der Waals surface area contributed by atoms with Gasteiger partial charge >= 0.3 is 5.97 Å². The Morgan fingerprint density at radius 3 is 2.69 bits per heavy atom. The van der Waals surface area contributed by atoms with Crippen molar-refractivity contribution < 1.29 is 17.9 Å². The summed E-state index contributed by atoms with van der Waals surface area (Å²) < 4.78 is 34.8. The predicted octanol–water partition coefficient (Wildman–Crippen LogP) is 5.65. The first-order chi connectivity index (χ1) is 16.8. The molecule has 1 saturated carbocycles. The van der Waals surface area contributed by atoms with Crippen molar-refractivity contribution in [3.63, 3.8) is 0 Å². The van der Waals surface area contributed by atoms with Gasteiger partial charge in [-0.1, -0.05) is 50.1 Å². The number of benzene rings is 2. The molecule has 1 fully saturated rings. The molecule has 0 bridgehead atoms. The molecule has 1 aliphatic rings. The van der Waals surface area contributed by atoms with E-state index in [1.165, 1.54) is 24.3 Å². The Morgan fingerprint density at radius 1 is 1.20 bits per heavy atom. The number of carbonyl (C=O) groups excluding carboxylic acids is 1. The van der Waals surface area contributed by atoms with Gasteiger partial charge in [-0.25, -0.2) is 22.5 Å². The smallest absolute Gasteiger partial charge is 0.337 e. The van der Waals surface area contributed by atoms with E-state index in [9.17, 15) is 13.2 Å². The van der Waals surface area contributed by atoms with Gasteiger partial charge in [0.2, 0.25) is 10.0 Å². The maximum Gasteiger partial charge on any atom is 0.337 e. The van der Waals surface area contributed by atoms with Gasteiger partial charge in [-0.15, -0.1) is 0 Å². The van der Waals surface area contributed by atoms with Gasteiger partial charge in [-0.3, -0.25) is 0 Å². The molecule has 1 heterocycles. The fourth-order valence-electron chi connectivity index (χ4n) is 4.57. The second kappa shape index (κ2) is 11.1. The molecular weight excluding hydrogens is 482 g/mol. The van der Waals surface area contributed by atoms with Crippen molar-refractivity contribution in [1.82, 2.24) is 13.9 Å². The molecule has 0 spiro atoms.